The fourth-order valence-corrected chi connectivity index (χ4v) is 2.79. The first-order chi connectivity index (χ1) is 13.3. The van der Waals surface area contributed by atoms with Crippen molar-refractivity contribution in [2.45, 2.75) is 39.3 Å². The number of primary amides is 1. The van der Waals surface area contributed by atoms with Crippen LogP contribution in [0.15, 0.2) is 42.9 Å². The predicted octanol–water partition coefficient (Wildman–Crippen LogP) is 2.36. The van der Waals surface area contributed by atoms with E-state index >= 15 is 0 Å². The molecule has 0 fully saturated rings. The first-order valence-electron chi connectivity index (χ1n) is 9.03. The highest BCUT2D eigenvalue weighted by Gasteiger charge is 2.13. The highest BCUT2D eigenvalue weighted by Crippen LogP contribution is 2.26. The molecule has 3 rings (SSSR count). The Labute approximate surface area is 163 Å². The molecule has 1 unspecified atom stereocenters. The number of carbonyl (C=O) groups is 1. The summed E-state index contributed by atoms with van der Waals surface area (Å²) in [5.41, 5.74) is 9.80. The van der Waals surface area contributed by atoms with Gasteiger partial charge in [-0.3, -0.25) is 9.48 Å². The van der Waals surface area contributed by atoms with Crippen LogP contribution >= 0.6 is 0 Å². The largest absolute Gasteiger partial charge is 0.381 e. The van der Waals surface area contributed by atoms with Gasteiger partial charge in [0.05, 0.1) is 12.7 Å². The molecule has 3 aromatic rings. The lowest BCUT2D eigenvalue weighted by Gasteiger charge is -2.10. The molecule has 1 amide bonds. The molecule has 0 bridgehead atoms. The van der Waals surface area contributed by atoms with E-state index in [9.17, 15) is 9.90 Å². The molecule has 0 aliphatic rings. The predicted molar refractivity (Wildman–Crippen MR) is 107 cm³/mol. The maximum atomic E-state index is 11.0. The van der Waals surface area contributed by atoms with Crippen LogP contribution in [-0.4, -0.2) is 36.9 Å². The minimum Gasteiger partial charge on any atom is -0.381 e. The monoisotopic (exact) mass is 380 g/mol. The summed E-state index contributed by atoms with van der Waals surface area (Å²) in [5, 5.41) is 17.1. The standard InChI is InChI=1S/C20H24N6O2/c1-12(2)17-4-5-22-20(25-17)24-16-7-13(3)6-14(8-16)15-9-23-26(10-15)11-18(27)19(21)28/h4-10,12,18,27H,11H2,1-3H3,(H2,21,28)(H,22,24,25). The van der Waals surface area contributed by atoms with Crippen LogP contribution in [0.2, 0.25) is 0 Å². The molecule has 8 nitrogen and oxygen atoms in total. The van der Waals surface area contributed by atoms with Crippen molar-refractivity contribution in [3.8, 4) is 11.1 Å². The van der Waals surface area contributed by atoms with E-state index in [0.717, 1.165) is 28.1 Å². The molecule has 0 aliphatic carbocycles. The number of aliphatic hydroxyl groups is 1. The van der Waals surface area contributed by atoms with Gasteiger partial charge in [-0.1, -0.05) is 19.9 Å². The SMILES string of the molecule is Cc1cc(Nc2nccc(C(C)C)n2)cc(-c2cnn(CC(O)C(N)=O)c2)c1. The second-order valence-corrected chi connectivity index (χ2v) is 7.04. The van der Waals surface area contributed by atoms with Crippen LogP contribution in [0, 0.1) is 6.92 Å². The normalized spacial score (nSPS) is 12.2. The summed E-state index contributed by atoms with van der Waals surface area (Å²) in [4.78, 5) is 19.9. The third-order valence-electron chi connectivity index (χ3n) is 4.26. The average Bonchev–Trinajstić information content (AvgIpc) is 3.10. The van der Waals surface area contributed by atoms with Crippen LogP contribution in [0.4, 0.5) is 11.6 Å². The molecule has 1 aromatic carbocycles. The minimum absolute atomic E-state index is 0.0160. The van der Waals surface area contributed by atoms with Gasteiger partial charge >= 0.3 is 0 Å². The van der Waals surface area contributed by atoms with Crippen molar-refractivity contribution in [3.05, 3.63) is 54.1 Å². The van der Waals surface area contributed by atoms with Crippen molar-refractivity contribution in [3.63, 3.8) is 0 Å². The van der Waals surface area contributed by atoms with Gasteiger partial charge in [-0.05, 0) is 42.2 Å². The number of anilines is 2. The molecule has 2 heterocycles. The Morgan fingerprint density at radius 2 is 2.07 bits per heavy atom. The van der Waals surface area contributed by atoms with E-state index in [1.807, 2.05) is 31.2 Å². The Morgan fingerprint density at radius 3 is 2.79 bits per heavy atom. The Bertz CT molecular complexity index is 982. The number of carbonyl (C=O) groups excluding carboxylic acids is 1. The highest BCUT2D eigenvalue weighted by atomic mass is 16.3. The number of hydrogen-bond donors (Lipinski definition) is 3. The molecular formula is C20H24N6O2. The molecule has 146 valence electrons. The lowest BCUT2D eigenvalue weighted by Crippen LogP contribution is -2.32. The maximum Gasteiger partial charge on any atom is 0.248 e. The van der Waals surface area contributed by atoms with Gasteiger partial charge < -0.3 is 16.2 Å². The summed E-state index contributed by atoms with van der Waals surface area (Å²) in [5.74, 6) is 0.0870. The Hall–Kier alpha value is -3.26. The highest BCUT2D eigenvalue weighted by molar-refractivity contribution is 5.78. The first kappa shape index (κ1) is 19.5. The fourth-order valence-electron chi connectivity index (χ4n) is 2.79. The van der Waals surface area contributed by atoms with Crippen molar-refractivity contribution >= 4 is 17.5 Å². The summed E-state index contributed by atoms with van der Waals surface area (Å²) >= 11 is 0. The van der Waals surface area contributed by atoms with Crippen molar-refractivity contribution in [1.29, 1.82) is 0 Å². The fraction of sp³-hybridized carbons (Fsp3) is 0.300. The van der Waals surface area contributed by atoms with E-state index in [2.05, 4.69) is 34.2 Å². The molecule has 0 saturated carbocycles. The van der Waals surface area contributed by atoms with Gasteiger partial charge in [0.1, 0.15) is 0 Å². The molecular weight excluding hydrogens is 356 g/mol. The van der Waals surface area contributed by atoms with Crippen LogP contribution in [-0.2, 0) is 11.3 Å². The summed E-state index contributed by atoms with van der Waals surface area (Å²) in [7, 11) is 0. The second-order valence-electron chi connectivity index (χ2n) is 7.04. The molecule has 1 atom stereocenters. The summed E-state index contributed by atoms with van der Waals surface area (Å²) in [6.45, 7) is 6.19. The molecule has 28 heavy (non-hydrogen) atoms. The number of nitrogens with two attached hydrogens (primary N) is 1. The van der Waals surface area contributed by atoms with Gasteiger partial charge in [0.15, 0.2) is 6.10 Å². The molecule has 0 radical (unpaired) electrons. The number of benzene rings is 1. The van der Waals surface area contributed by atoms with Gasteiger partial charge in [0.25, 0.3) is 0 Å². The van der Waals surface area contributed by atoms with Gasteiger partial charge in [-0.15, -0.1) is 0 Å². The summed E-state index contributed by atoms with van der Waals surface area (Å²) < 4.78 is 1.50. The van der Waals surface area contributed by atoms with Crippen LogP contribution in [0.25, 0.3) is 11.1 Å². The third-order valence-corrected chi connectivity index (χ3v) is 4.26. The summed E-state index contributed by atoms with van der Waals surface area (Å²) in [6, 6.07) is 7.93. The van der Waals surface area contributed by atoms with E-state index in [4.69, 9.17) is 5.73 Å². The first-order valence-corrected chi connectivity index (χ1v) is 9.03. The van der Waals surface area contributed by atoms with E-state index in [1.165, 1.54) is 4.68 Å². The molecule has 4 N–H and O–H groups in total. The topological polar surface area (TPSA) is 119 Å². The number of aliphatic hydroxyl groups excluding tert-OH is 1. The number of aryl methyl sites for hydroxylation is 1. The Kier molecular flexibility index (Phi) is 5.70. The van der Waals surface area contributed by atoms with Crippen molar-refractivity contribution in [1.82, 2.24) is 19.7 Å². The van der Waals surface area contributed by atoms with E-state index < -0.39 is 12.0 Å². The lowest BCUT2D eigenvalue weighted by molar-refractivity contribution is -0.126. The van der Waals surface area contributed by atoms with Crippen molar-refractivity contribution in [2.75, 3.05) is 5.32 Å². The maximum absolute atomic E-state index is 11.0. The average molecular weight is 380 g/mol. The smallest absolute Gasteiger partial charge is 0.248 e. The van der Waals surface area contributed by atoms with Crippen molar-refractivity contribution in [2.24, 2.45) is 5.73 Å². The molecule has 0 aliphatic heterocycles. The van der Waals surface area contributed by atoms with Crippen molar-refractivity contribution < 1.29 is 9.90 Å². The molecule has 0 spiro atoms. The number of nitrogens with one attached hydrogen (secondary N) is 1. The Morgan fingerprint density at radius 1 is 1.29 bits per heavy atom. The zero-order valence-corrected chi connectivity index (χ0v) is 16.1. The van der Waals surface area contributed by atoms with Crippen LogP contribution < -0.4 is 11.1 Å². The number of hydrogen-bond acceptors (Lipinski definition) is 6. The molecule has 2 aromatic heterocycles. The van der Waals surface area contributed by atoms with Gasteiger partial charge in [-0.2, -0.15) is 5.10 Å². The van der Waals surface area contributed by atoms with E-state index in [1.54, 1.807) is 18.6 Å². The number of nitrogens with zero attached hydrogens (tertiary/aromatic N) is 4. The number of rotatable bonds is 7. The lowest BCUT2D eigenvalue weighted by atomic mass is 10.1. The van der Waals surface area contributed by atoms with Gasteiger partial charge in [0.2, 0.25) is 11.9 Å². The third kappa shape index (κ3) is 4.72. The minimum atomic E-state index is -1.27. The molecule has 8 heteroatoms. The van der Waals surface area contributed by atoms with Gasteiger partial charge in [0, 0.05) is 29.3 Å². The zero-order chi connectivity index (χ0) is 20.3. The van der Waals surface area contributed by atoms with Gasteiger partial charge in [-0.25, -0.2) is 9.97 Å². The van der Waals surface area contributed by atoms with E-state index in [-0.39, 0.29) is 6.54 Å². The summed E-state index contributed by atoms with van der Waals surface area (Å²) in [6.07, 6.45) is 3.92. The zero-order valence-electron chi connectivity index (χ0n) is 16.1. The second kappa shape index (κ2) is 8.18. The molecule has 0 saturated heterocycles. The number of amides is 1. The van der Waals surface area contributed by atoms with Crippen LogP contribution in [0.1, 0.15) is 31.0 Å². The Balaban J connectivity index is 1.83. The van der Waals surface area contributed by atoms with Crippen LogP contribution in [0.5, 0.6) is 0 Å². The van der Waals surface area contributed by atoms with E-state index in [0.29, 0.717) is 11.9 Å². The van der Waals surface area contributed by atoms with Crippen LogP contribution in [0.3, 0.4) is 0 Å². The quantitative estimate of drug-likeness (QED) is 0.579. The number of aromatic nitrogens is 4.